The van der Waals surface area contributed by atoms with Gasteiger partial charge in [0.15, 0.2) is 6.54 Å². The molecule has 2 amide bonds. The van der Waals surface area contributed by atoms with Crippen LogP contribution in [0.1, 0.15) is 18.7 Å². The molecule has 5 nitrogen and oxygen atoms in total. The summed E-state index contributed by atoms with van der Waals surface area (Å²) >= 11 is 1.69. The van der Waals surface area contributed by atoms with Crippen LogP contribution in [0.25, 0.3) is 0 Å². The van der Waals surface area contributed by atoms with E-state index in [1.54, 1.807) is 11.3 Å². The summed E-state index contributed by atoms with van der Waals surface area (Å²) in [4.78, 5) is 25.4. The number of hydrogen-bond donors (Lipinski definition) is 3. The topological polar surface area (TPSA) is 62.6 Å². The van der Waals surface area contributed by atoms with Crippen LogP contribution in [0.3, 0.4) is 0 Å². The van der Waals surface area contributed by atoms with Crippen LogP contribution in [0.2, 0.25) is 0 Å². The molecule has 0 fully saturated rings. The van der Waals surface area contributed by atoms with E-state index in [4.69, 9.17) is 0 Å². The highest BCUT2D eigenvalue weighted by atomic mass is 32.1. The minimum Gasteiger partial charge on any atom is -0.352 e. The van der Waals surface area contributed by atoms with E-state index in [-0.39, 0.29) is 24.4 Å². The van der Waals surface area contributed by atoms with Crippen LogP contribution in [0.4, 0.5) is 0 Å². The minimum atomic E-state index is -0.153. The van der Waals surface area contributed by atoms with E-state index in [1.165, 1.54) is 4.88 Å². The van der Waals surface area contributed by atoms with E-state index in [0.717, 1.165) is 11.4 Å². The fourth-order valence-corrected chi connectivity index (χ4v) is 2.48. The molecule has 106 valence electrons. The molecular weight excluding hydrogens is 262 g/mol. The number of quaternary nitrogens is 1. The molecule has 0 aromatic carbocycles. The Hall–Kier alpha value is -1.40. The Kier molecular flexibility index (Phi) is 6.52. The van der Waals surface area contributed by atoms with Crippen LogP contribution in [0, 0.1) is 0 Å². The summed E-state index contributed by atoms with van der Waals surface area (Å²) in [6.45, 7) is 5.01. The van der Waals surface area contributed by atoms with Crippen molar-refractivity contribution in [2.45, 2.75) is 26.4 Å². The first-order valence-electron chi connectivity index (χ1n) is 6.37. The molecule has 0 bridgehead atoms. The minimum absolute atomic E-state index is 0.0449. The molecule has 0 saturated heterocycles. The number of carbonyl (C=O) groups excluding carboxylic acids is 2. The number of hydrogen-bond acceptors (Lipinski definition) is 3. The second kappa shape index (κ2) is 7.91. The van der Waals surface area contributed by atoms with Crippen LogP contribution in [-0.4, -0.2) is 38.0 Å². The predicted octanol–water partition coefficient (Wildman–Crippen LogP) is -0.596. The van der Waals surface area contributed by atoms with Crippen molar-refractivity contribution in [1.82, 2.24) is 10.6 Å². The Balaban J connectivity index is 2.21. The lowest BCUT2D eigenvalue weighted by atomic mass is 10.4. The molecule has 1 atom stereocenters. The number of carbonyl (C=O) groups is 2. The average Bonchev–Trinajstić information content (AvgIpc) is 2.78. The molecule has 1 aromatic heterocycles. The molecule has 0 spiro atoms. The molecule has 1 heterocycles. The summed E-state index contributed by atoms with van der Waals surface area (Å²) in [6.07, 6.45) is 0. The lowest BCUT2D eigenvalue weighted by molar-refractivity contribution is -0.885. The zero-order chi connectivity index (χ0) is 14.3. The van der Waals surface area contributed by atoms with Crippen molar-refractivity contribution in [2.24, 2.45) is 0 Å². The van der Waals surface area contributed by atoms with Gasteiger partial charge in [-0.15, -0.1) is 11.3 Å². The second-order valence-electron chi connectivity index (χ2n) is 4.89. The molecule has 19 heavy (non-hydrogen) atoms. The van der Waals surface area contributed by atoms with Crippen LogP contribution < -0.4 is 15.5 Å². The molecule has 0 aliphatic rings. The highest BCUT2D eigenvalue weighted by molar-refractivity contribution is 7.09. The molecule has 1 unspecified atom stereocenters. The van der Waals surface area contributed by atoms with Crippen molar-refractivity contribution < 1.29 is 14.5 Å². The Labute approximate surface area is 118 Å². The standard InChI is InChI=1S/C13H21N3O2S/c1-10(2)15-12(17)7-14-13(18)9-16(3)8-11-5-4-6-19-11/h4-6,10H,7-9H2,1-3H3,(H,14,18)(H,15,17)/p+1. The van der Waals surface area contributed by atoms with Gasteiger partial charge in [0.05, 0.1) is 18.5 Å². The van der Waals surface area contributed by atoms with Gasteiger partial charge in [-0.1, -0.05) is 6.07 Å². The van der Waals surface area contributed by atoms with Crippen molar-refractivity contribution in [1.29, 1.82) is 0 Å². The first kappa shape index (κ1) is 15.7. The normalized spacial score (nSPS) is 12.2. The summed E-state index contributed by atoms with van der Waals surface area (Å²) in [5, 5.41) is 7.39. The highest BCUT2D eigenvalue weighted by Crippen LogP contribution is 2.05. The number of thiophene rings is 1. The van der Waals surface area contributed by atoms with Gasteiger partial charge in [0.25, 0.3) is 5.91 Å². The molecule has 0 aliphatic heterocycles. The summed E-state index contributed by atoms with van der Waals surface area (Å²) in [6, 6.07) is 4.16. The average molecular weight is 284 g/mol. The monoisotopic (exact) mass is 284 g/mol. The smallest absolute Gasteiger partial charge is 0.275 e. The van der Waals surface area contributed by atoms with Crippen LogP contribution >= 0.6 is 11.3 Å². The zero-order valence-electron chi connectivity index (χ0n) is 11.7. The van der Waals surface area contributed by atoms with Gasteiger partial charge in [0, 0.05) is 6.04 Å². The Morgan fingerprint density at radius 3 is 2.68 bits per heavy atom. The van der Waals surface area contributed by atoms with Gasteiger partial charge in [0.2, 0.25) is 5.91 Å². The Morgan fingerprint density at radius 2 is 2.11 bits per heavy atom. The molecule has 0 aliphatic carbocycles. The SMILES string of the molecule is CC(C)NC(=O)CNC(=O)C[NH+](C)Cc1cccs1. The second-order valence-corrected chi connectivity index (χ2v) is 5.92. The van der Waals surface area contributed by atoms with Crippen molar-refractivity contribution in [3.63, 3.8) is 0 Å². The third-order valence-corrected chi connectivity index (χ3v) is 3.29. The van der Waals surface area contributed by atoms with E-state index in [9.17, 15) is 9.59 Å². The van der Waals surface area contributed by atoms with Gasteiger partial charge < -0.3 is 15.5 Å². The van der Waals surface area contributed by atoms with E-state index in [1.807, 2.05) is 32.3 Å². The maximum atomic E-state index is 11.7. The molecule has 3 N–H and O–H groups in total. The lowest BCUT2D eigenvalue weighted by Gasteiger charge is -2.13. The summed E-state index contributed by atoms with van der Waals surface area (Å²) < 4.78 is 0. The van der Waals surface area contributed by atoms with E-state index < -0.39 is 0 Å². The predicted molar refractivity (Wildman–Crippen MR) is 76.1 cm³/mol. The molecule has 1 aromatic rings. The first-order chi connectivity index (χ1) is 8.97. The van der Waals surface area contributed by atoms with Crippen molar-refractivity contribution in [2.75, 3.05) is 20.1 Å². The van der Waals surface area contributed by atoms with Crippen LogP contribution in [-0.2, 0) is 16.1 Å². The number of amides is 2. The molecule has 1 rings (SSSR count). The quantitative estimate of drug-likeness (QED) is 0.626. The molecule has 0 radical (unpaired) electrons. The third kappa shape index (κ3) is 6.93. The fourth-order valence-electron chi connectivity index (χ4n) is 1.66. The summed E-state index contributed by atoms with van der Waals surface area (Å²) in [5.74, 6) is -0.257. The largest absolute Gasteiger partial charge is 0.352 e. The van der Waals surface area contributed by atoms with Crippen LogP contribution in [0.5, 0.6) is 0 Å². The maximum Gasteiger partial charge on any atom is 0.275 e. The summed E-state index contributed by atoms with van der Waals surface area (Å²) in [5.41, 5.74) is 0. The molecular formula is C13H22N3O2S+. The van der Waals surface area contributed by atoms with Gasteiger partial charge in [-0.3, -0.25) is 9.59 Å². The highest BCUT2D eigenvalue weighted by Gasteiger charge is 2.12. The van der Waals surface area contributed by atoms with Crippen molar-refractivity contribution >= 4 is 23.2 Å². The number of nitrogens with one attached hydrogen (secondary N) is 3. The van der Waals surface area contributed by atoms with E-state index in [0.29, 0.717) is 6.54 Å². The Bertz CT molecular complexity index is 404. The zero-order valence-corrected chi connectivity index (χ0v) is 12.5. The first-order valence-corrected chi connectivity index (χ1v) is 7.25. The van der Waals surface area contributed by atoms with Gasteiger partial charge in [-0.05, 0) is 25.3 Å². The van der Waals surface area contributed by atoms with E-state index >= 15 is 0 Å². The fraction of sp³-hybridized carbons (Fsp3) is 0.538. The number of likely N-dealkylation sites (N-methyl/N-ethyl adjacent to an activating group) is 1. The van der Waals surface area contributed by atoms with Crippen molar-refractivity contribution in [3.05, 3.63) is 22.4 Å². The van der Waals surface area contributed by atoms with E-state index in [2.05, 4.69) is 16.7 Å². The summed E-state index contributed by atoms with van der Waals surface area (Å²) in [7, 11) is 1.97. The van der Waals surface area contributed by atoms with Gasteiger partial charge >= 0.3 is 0 Å². The third-order valence-electron chi connectivity index (χ3n) is 2.41. The van der Waals surface area contributed by atoms with Crippen LogP contribution in [0.15, 0.2) is 17.5 Å². The number of rotatable bonds is 7. The van der Waals surface area contributed by atoms with Gasteiger partial charge in [-0.25, -0.2) is 0 Å². The maximum absolute atomic E-state index is 11.7. The molecule has 0 saturated carbocycles. The van der Waals surface area contributed by atoms with Gasteiger partial charge in [-0.2, -0.15) is 0 Å². The van der Waals surface area contributed by atoms with Crippen molar-refractivity contribution in [3.8, 4) is 0 Å². The molecule has 6 heteroatoms. The Morgan fingerprint density at radius 1 is 1.37 bits per heavy atom. The lowest BCUT2D eigenvalue weighted by Crippen LogP contribution is -3.08. The van der Waals surface area contributed by atoms with Gasteiger partial charge in [0.1, 0.15) is 6.54 Å².